The smallest absolute Gasteiger partial charge is 0.262 e. The number of carbonyl (C=O) groups is 3. The Labute approximate surface area is 207 Å². The number of hydrogen-bond acceptors (Lipinski definition) is 6. The number of amides is 3. The maximum Gasteiger partial charge on any atom is 0.262 e. The predicted molar refractivity (Wildman–Crippen MR) is 132 cm³/mol. The van der Waals surface area contributed by atoms with Gasteiger partial charge in [-0.2, -0.15) is 0 Å². The summed E-state index contributed by atoms with van der Waals surface area (Å²) in [5.41, 5.74) is 2.09. The Kier molecular flexibility index (Phi) is 6.40. The van der Waals surface area contributed by atoms with Gasteiger partial charge in [-0.3, -0.25) is 19.3 Å². The maximum absolute atomic E-state index is 12.4. The largest absolute Gasteiger partial charge is 0.489 e. The first-order chi connectivity index (χ1) is 17.6. The van der Waals surface area contributed by atoms with Crippen LogP contribution in [-0.4, -0.2) is 34.2 Å². The van der Waals surface area contributed by atoms with Crippen LogP contribution in [0.3, 0.4) is 0 Å². The summed E-state index contributed by atoms with van der Waals surface area (Å²) in [6, 6.07) is 26.8. The number of fused-ring (bicyclic) bond motifs is 1. The highest BCUT2D eigenvalue weighted by Crippen LogP contribution is 2.25. The van der Waals surface area contributed by atoms with E-state index in [0.29, 0.717) is 35.1 Å². The van der Waals surface area contributed by atoms with Crippen LogP contribution in [0, 0.1) is 0 Å². The molecule has 0 aliphatic carbocycles. The van der Waals surface area contributed by atoms with Crippen molar-refractivity contribution < 1.29 is 23.9 Å². The molecule has 0 saturated heterocycles. The van der Waals surface area contributed by atoms with Gasteiger partial charge in [0.1, 0.15) is 24.7 Å². The fourth-order valence-corrected chi connectivity index (χ4v) is 3.71. The number of nitrogens with one attached hydrogen (secondary N) is 1. The Bertz CT molecular complexity index is 1370. The Morgan fingerprint density at radius 1 is 0.778 bits per heavy atom. The van der Waals surface area contributed by atoms with Crippen molar-refractivity contribution in [2.75, 3.05) is 11.9 Å². The maximum atomic E-state index is 12.4. The van der Waals surface area contributed by atoms with E-state index >= 15 is 0 Å². The number of hydrogen-bond donors (Lipinski definition) is 1. The van der Waals surface area contributed by atoms with Gasteiger partial charge < -0.3 is 14.8 Å². The molecule has 0 unspecified atom stereocenters. The summed E-state index contributed by atoms with van der Waals surface area (Å²) in [5.74, 6) is 0.165. The molecular formula is C28H21N3O5. The predicted octanol–water partition coefficient (Wildman–Crippen LogP) is 4.69. The number of anilines is 1. The van der Waals surface area contributed by atoms with Gasteiger partial charge >= 0.3 is 0 Å². The number of benzene rings is 3. The van der Waals surface area contributed by atoms with Crippen LogP contribution in [0.4, 0.5) is 5.69 Å². The van der Waals surface area contributed by atoms with E-state index in [2.05, 4.69) is 10.3 Å². The van der Waals surface area contributed by atoms with Crippen molar-refractivity contribution in [2.45, 2.75) is 6.61 Å². The number of aromatic nitrogens is 1. The van der Waals surface area contributed by atoms with Crippen LogP contribution < -0.4 is 14.8 Å². The number of imide groups is 1. The lowest BCUT2D eigenvalue weighted by Crippen LogP contribution is -2.37. The molecule has 178 valence electrons. The summed E-state index contributed by atoms with van der Waals surface area (Å²) >= 11 is 0. The van der Waals surface area contributed by atoms with Gasteiger partial charge in [0, 0.05) is 6.07 Å². The van der Waals surface area contributed by atoms with E-state index in [1.54, 1.807) is 48.5 Å². The molecule has 5 rings (SSSR count). The highest BCUT2D eigenvalue weighted by atomic mass is 16.5. The molecule has 1 aliphatic heterocycles. The van der Waals surface area contributed by atoms with Crippen LogP contribution in [0.25, 0.3) is 0 Å². The van der Waals surface area contributed by atoms with Crippen molar-refractivity contribution in [1.82, 2.24) is 9.88 Å². The molecule has 8 heteroatoms. The number of rotatable bonds is 8. The lowest BCUT2D eigenvalue weighted by Gasteiger charge is -2.13. The van der Waals surface area contributed by atoms with E-state index < -0.39 is 17.7 Å². The first-order valence-corrected chi connectivity index (χ1v) is 11.2. The van der Waals surface area contributed by atoms with Crippen molar-refractivity contribution in [3.05, 3.63) is 114 Å². The van der Waals surface area contributed by atoms with Crippen LogP contribution in [0.15, 0.2) is 97.2 Å². The Morgan fingerprint density at radius 2 is 1.42 bits per heavy atom. The van der Waals surface area contributed by atoms with Crippen molar-refractivity contribution in [3.63, 3.8) is 0 Å². The second-order valence-electron chi connectivity index (χ2n) is 8.02. The van der Waals surface area contributed by atoms with Gasteiger partial charge in [0.25, 0.3) is 11.8 Å². The molecule has 36 heavy (non-hydrogen) atoms. The highest BCUT2D eigenvalue weighted by molar-refractivity contribution is 6.22. The standard InChI is InChI=1S/C28H21N3O5/c32-25(17-31-27(33)23-8-4-5-9-24(23)28(31)34)30-20-10-15-26(29-16-20)36-22-13-11-21(12-14-22)35-18-19-6-2-1-3-7-19/h1-16H,17-18H2,(H,30,32). The van der Waals surface area contributed by atoms with Gasteiger partial charge in [0.05, 0.1) is 23.0 Å². The number of nitrogens with zero attached hydrogens (tertiary/aromatic N) is 2. The first-order valence-electron chi connectivity index (χ1n) is 11.2. The molecule has 1 N–H and O–H groups in total. The fraction of sp³-hybridized carbons (Fsp3) is 0.0714. The van der Waals surface area contributed by atoms with Gasteiger partial charge in [-0.05, 0) is 48.0 Å². The third kappa shape index (κ3) is 5.07. The zero-order valence-corrected chi connectivity index (χ0v) is 19.1. The van der Waals surface area contributed by atoms with Crippen molar-refractivity contribution in [2.24, 2.45) is 0 Å². The summed E-state index contributed by atoms with van der Waals surface area (Å²) in [7, 11) is 0. The van der Waals surface area contributed by atoms with Gasteiger partial charge in [-0.15, -0.1) is 0 Å². The number of ether oxygens (including phenoxy) is 2. The molecule has 0 atom stereocenters. The van der Waals surface area contributed by atoms with E-state index in [1.807, 2.05) is 42.5 Å². The average molecular weight is 479 g/mol. The molecule has 0 spiro atoms. The van der Waals surface area contributed by atoms with E-state index in [0.717, 1.165) is 16.2 Å². The van der Waals surface area contributed by atoms with Crippen LogP contribution in [-0.2, 0) is 11.4 Å². The first kappa shape index (κ1) is 22.8. The molecular weight excluding hydrogens is 458 g/mol. The quantitative estimate of drug-likeness (QED) is 0.368. The Hall–Kier alpha value is -4.98. The minimum absolute atomic E-state index is 0.300. The van der Waals surface area contributed by atoms with Gasteiger partial charge in [-0.1, -0.05) is 42.5 Å². The fourth-order valence-electron chi connectivity index (χ4n) is 3.71. The van der Waals surface area contributed by atoms with E-state index in [9.17, 15) is 14.4 Å². The molecule has 4 aromatic rings. The van der Waals surface area contributed by atoms with Crippen LogP contribution in [0.2, 0.25) is 0 Å². The summed E-state index contributed by atoms with van der Waals surface area (Å²) in [6.45, 7) is 0.0894. The second kappa shape index (κ2) is 10.1. The van der Waals surface area contributed by atoms with E-state index in [4.69, 9.17) is 9.47 Å². The van der Waals surface area contributed by atoms with Gasteiger partial charge in [0.2, 0.25) is 11.8 Å². The van der Waals surface area contributed by atoms with Crippen molar-refractivity contribution in [1.29, 1.82) is 0 Å². The lowest BCUT2D eigenvalue weighted by atomic mass is 10.1. The second-order valence-corrected chi connectivity index (χ2v) is 8.02. The zero-order chi connectivity index (χ0) is 24.9. The zero-order valence-electron chi connectivity index (χ0n) is 19.1. The molecule has 0 saturated carbocycles. The van der Waals surface area contributed by atoms with Crippen LogP contribution in [0.5, 0.6) is 17.4 Å². The molecule has 3 aromatic carbocycles. The van der Waals surface area contributed by atoms with Crippen molar-refractivity contribution >= 4 is 23.4 Å². The molecule has 0 radical (unpaired) electrons. The highest BCUT2D eigenvalue weighted by Gasteiger charge is 2.36. The van der Waals surface area contributed by atoms with Gasteiger partial charge in [0.15, 0.2) is 0 Å². The van der Waals surface area contributed by atoms with E-state index in [-0.39, 0.29) is 6.54 Å². The monoisotopic (exact) mass is 479 g/mol. The SMILES string of the molecule is O=C(CN1C(=O)c2ccccc2C1=O)Nc1ccc(Oc2ccc(OCc3ccccc3)cc2)nc1. The average Bonchev–Trinajstić information content (AvgIpc) is 3.15. The number of carbonyl (C=O) groups excluding carboxylic acids is 3. The molecule has 3 amide bonds. The number of pyridine rings is 1. The summed E-state index contributed by atoms with van der Waals surface area (Å²) < 4.78 is 11.5. The molecule has 0 fully saturated rings. The van der Waals surface area contributed by atoms with Crippen molar-refractivity contribution in [3.8, 4) is 17.4 Å². The third-order valence-corrected chi connectivity index (χ3v) is 5.49. The van der Waals surface area contributed by atoms with Gasteiger partial charge in [-0.25, -0.2) is 4.98 Å². The van der Waals surface area contributed by atoms with Crippen LogP contribution in [0.1, 0.15) is 26.3 Å². The van der Waals surface area contributed by atoms with Crippen LogP contribution >= 0.6 is 0 Å². The molecule has 1 aliphatic rings. The topological polar surface area (TPSA) is 97.8 Å². The summed E-state index contributed by atoms with van der Waals surface area (Å²) in [4.78, 5) is 42.4. The third-order valence-electron chi connectivity index (χ3n) is 5.49. The Balaban J connectivity index is 1.13. The molecule has 0 bridgehead atoms. The Morgan fingerprint density at radius 3 is 2.06 bits per heavy atom. The lowest BCUT2D eigenvalue weighted by molar-refractivity contribution is -0.116. The molecule has 1 aromatic heterocycles. The normalized spacial score (nSPS) is 12.3. The molecule has 2 heterocycles. The summed E-state index contributed by atoms with van der Waals surface area (Å²) in [6.07, 6.45) is 1.44. The summed E-state index contributed by atoms with van der Waals surface area (Å²) in [5, 5.41) is 2.64. The molecule has 8 nitrogen and oxygen atoms in total. The minimum atomic E-state index is -0.508. The van der Waals surface area contributed by atoms with E-state index in [1.165, 1.54) is 6.20 Å². The minimum Gasteiger partial charge on any atom is -0.489 e.